The first-order chi connectivity index (χ1) is 10.7. The fourth-order valence-electron chi connectivity index (χ4n) is 1.98. The number of nitrogens with one attached hydrogen (secondary N) is 1. The van der Waals surface area contributed by atoms with E-state index >= 15 is 0 Å². The Morgan fingerprint density at radius 2 is 1.96 bits per heavy atom. The first-order valence-corrected chi connectivity index (χ1v) is 8.82. The van der Waals surface area contributed by atoms with Crippen LogP contribution in [0.3, 0.4) is 0 Å². The molecule has 0 radical (unpaired) electrons. The van der Waals surface area contributed by atoms with Gasteiger partial charge in [-0.05, 0) is 36.2 Å². The van der Waals surface area contributed by atoms with Crippen molar-refractivity contribution in [1.29, 1.82) is 0 Å². The zero-order chi connectivity index (χ0) is 17.2. The maximum atomic E-state index is 11.5. The van der Waals surface area contributed by atoms with Gasteiger partial charge in [0, 0.05) is 28.8 Å². The number of aryl methyl sites for hydroxylation is 1. The number of sulfonamides is 1. The Labute approximate surface area is 141 Å². The standard InChI is InChI=1S/C14H14BrN3O4S/c1-9-2-3-11(15)4-10(9)8-17-12-5-13(18(19)20)7-14(6-12)23(16,21)22/h2-7,17H,8H2,1H3,(H2,16,21,22). The van der Waals surface area contributed by atoms with Crippen molar-refractivity contribution < 1.29 is 13.3 Å². The molecule has 2 aromatic rings. The average Bonchev–Trinajstić information content (AvgIpc) is 2.47. The molecule has 0 aliphatic carbocycles. The van der Waals surface area contributed by atoms with E-state index < -0.39 is 14.9 Å². The van der Waals surface area contributed by atoms with Gasteiger partial charge in [-0.3, -0.25) is 10.1 Å². The van der Waals surface area contributed by atoms with Crippen LogP contribution in [0.1, 0.15) is 11.1 Å². The Kier molecular flexibility index (Phi) is 5.03. The quantitative estimate of drug-likeness (QED) is 0.592. The number of benzene rings is 2. The zero-order valence-corrected chi connectivity index (χ0v) is 14.5. The van der Waals surface area contributed by atoms with E-state index in [0.29, 0.717) is 12.2 Å². The van der Waals surface area contributed by atoms with Gasteiger partial charge in [0.15, 0.2) is 0 Å². The molecule has 0 amide bonds. The zero-order valence-electron chi connectivity index (χ0n) is 12.1. The lowest BCUT2D eigenvalue weighted by Gasteiger charge is -2.10. The van der Waals surface area contributed by atoms with Gasteiger partial charge in [-0.2, -0.15) is 0 Å². The summed E-state index contributed by atoms with van der Waals surface area (Å²) in [6.07, 6.45) is 0. The van der Waals surface area contributed by atoms with Crippen LogP contribution in [0.15, 0.2) is 45.8 Å². The third-order valence-corrected chi connectivity index (χ3v) is 4.61. The Morgan fingerprint density at radius 3 is 2.57 bits per heavy atom. The lowest BCUT2D eigenvalue weighted by atomic mass is 10.1. The second-order valence-electron chi connectivity index (χ2n) is 4.94. The number of nitrogens with zero attached hydrogens (tertiary/aromatic N) is 1. The predicted octanol–water partition coefficient (Wildman–Crippen LogP) is 2.93. The molecule has 0 aliphatic rings. The normalized spacial score (nSPS) is 11.3. The van der Waals surface area contributed by atoms with E-state index in [0.717, 1.165) is 21.7 Å². The number of hydrogen-bond donors (Lipinski definition) is 2. The SMILES string of the molecule is Cc1ccc(Br)cc1CNc1cc([N+](=O)[O-])cc(S(N)(=O)=O)c1. The third kappa shape index (κ3) is 4.50. The van der Waals surface area contributed by atoms with E-state index in [9.17, 15) is 18.5 Å². The number of hydrogen-bond acceptors (Lipinski definition) is 5. The smallest absolute Gasteiger partial charge is 0.272 e. The van der Waals surface area contributed by atoms with Crippen LogP contribution < -0.4 is 10.5 Å². The van der Waals surface area contributed by atoms with Gasteiger partial charge < -0.3 is 5.32 Å². The fraction of sp³-hybridized carbons (Fsp3) is 0.143. The summed E-state index contributed by atoms with van der Waals surface area (Å²) in [5, 5.41) is 19.0. The summed E-state index contributed by atoms with van der Waals surface area (Å²) < 4.78 is 23.8. The predicted molar refractivity (Wildman–Crippen MR) is 90.7 cm³/mol. The van der Waals surface area contributed by atoms with Gasteiger partial charge in [0.1, 0.15) is 0 Å². The van der Waals surface area contributed by atoms with Crippen LogP contribution in [0.4, 0.5) is 11.4 Å². The molecular weight excluding hydrogens is 386 g/mol. The molecule has 3 N–H and O–H groups in total. The summed E-state index contributed by atoms with van der Waals surface area (Å²) in [4.78, 5) is 9.97. The molecule has 0 saturated heterocycles. The highest BCUT2D eigenvalue weighted by Gasteiger charge is 2.16. The Morgan fingerprint density at radius 1 is 1.26 bits per heavy atom. The molecule has 0 aromatic heterocycles. The maximum Gasteiger partial charge on any atom is 0.272 e. The minimum absolute atomic E-state index is 0.305. The molecule has 122 valence electrons. The number of primary sulfonamides is 1. The minimum atomic E-state index is -4.03. The second kappa shape index (κ2) is 6.65. The van der Waals surface area contributed by atoms with E-state index in [2.05, 4.69) is 21.2 Å². The van der Waals surface area contributed by atoms with Crippen molar-refractivity contribution >= 4 is 37.3 Å². The average molecular weight is 400 g/mol. The molecule has 0 atom stereocenters. The van der Waals surface area contributed by atoms with Gasteiger partial charge in [0.2, 0.25) is 10.0 Å². The third-order valence-electron chi connectivity index (χ3n) is 3.22. The molecule has 23 heavy (non-hydrogen) atoms. The molecule has 0 saturated carbocycles. The fourth-order valence-corrected chi connectivity index (χ4v) is 2.97. The number of anilines is 1. The van der Waals surface area contributed by atoms with E-state index in [1.54, 1.807) is 0 Å². The lowest BCUT2D eigenvalue weighted by Crippen LogP contribution is -2.13. The molecule has 0 aliphatic heterocycles. The molecule has 9 heteroatoms. The van der Waals surface area contributed by atoms with Crippen LogP contribution >= 0.6 is 15.9 Å². The number of non-ortho nitro benzene ring substituents is 1. The van der Waals surface area contributed by atoms with Gasteiger partial charge in [0.25, 0.3) is 5.69 Å². The highest BCUT2D eigenvalue weighted by molar-refractivity contribution is 9.10. The van der Waals surface area contributed by atoms with Gasteiger partial charge in [-0.25, -0.2) is 13.6 Å². The number of nitro benzene ring substituents is 1. The van der Waals surface area contributed by atoms with Crippen LogP contribution in [0, 0.1) is 17.0 Å². The van der Waals surface area contributed by atoms with Crippen molar-refractivity contribution in [3.8, 4) is 0 Å². The molecule has 7 nitrogen and oxygen atoms in total. The number of halogens is 1. The van der Waals surface area contributed by atoms with E-state index in [4.69, 9.17) is 5.14 Å². The molecule has 0 spiro atoms. The molecule has 0 fully saturated rings. The van der Waals surface area contributed by atoms with E-state index in [1.807, 2.05) is 25.1 Å². The van der Waals surface area contributed by atoms with Crippen molar-refractivity contribution in [2.75, 3.05) is 5.32 Å². The highest BCUT2D eigenvalue weighted by atomic mass is 79.9. The molecular formula is C14H14BrN3O4S. The summed E-state index contributed by atoms with van der Waals surface area (Å²) in [6.45, 7) is 2.32. The van der Waals surface area contributed by atoms with Crippen LogP contribution in [-0.2, 0) is 16.6 Å². The number of rotatable bonds is 5. The summed E-state index contributed by atoms with van der Waals surface area (Å²) in [5.74, 6) is 0. The van der Waals surface area contributed by atoms with Gasteiger partial charge >= 0.3 is 0 Å². The van der Waals surface area contributed by atoms with Crippen molar-refractivity contribution in [2.45, 2.75) is 18.4 Å². The molecule has 0 unspecified atom stereocenters. The van der Waals surface area contributed by atoms with Crippen molar-refractivity contribution in [2.24, 2.45) is 5.14 Å². The Hall–Kier alpha value is -1.97. The molecule has 0 heterocycles. The highest BCUT2D eigenvalue weighted by Crippen LogP contribution is 2.24. The topological polar surface area (TPSA) is 115 Å². The van der Waals surface area contributed by atoms with Gasteiger partial charge in [-0.1, -0.05) is 22.0 Å². The van der Waals surface area contributed by atoms with Gasteiger partial charge in [0.05, 0.1) is 9.82 Å². The first-order valence-electron chi connectivity index (χ1n) is 6.48. The number of nitrogens with two attached hydrogens (primary N) is 1. The van der Waals surface area contributed by atoms with Crippen LogP contribution in [0.25, 0.3) is 0 Å². The van der Waals surface area contributed by atoms with Crippen molar-refractivity contribution in [3.05, 3.63) is 62.1 Å². The molecule has 2 rings (SSSR count). The molecule has 0 bridgehead atoms. The van der Waals surface area contributed by atoms with E-state index in [1.165, 1.54) is 12.1 Å². The van der Waals surface area contributed by atoms with Crippen LogP contribution in [0.2, 0.25) is 0 Å². The first kappa shape index (κ1) is 17.4. The summed E-state index contributed by atoms with van der Waals surface area (Å²) in [7, 11) is -4.03. The van der Waals surface area contributed by atoms with Crippen molar-refractivity contribution in [3.63, 3.8) is 0 Å². The largest absolute Gasteiger partial charge is 0.381 e. The molecule has 2 aromatic carbocycles. The number of nitro groups is 1. The van der Waals surface area contributed by atoms with Crippen LogP contribution in [-0.4, -0.2) is 13.3 Å². The Balaban J connectivity index is 2.34. The lowest BCUT2D eigenvalue weighted by molar-refractivity contribution is -0.385. The maximum absolute atomic E-state index is 11.5. The Bertz CT molecular complexity index is 868. The summed E-state index contributed by atoms with van der Waals surface area (Å²) in [5.41, 5.74) is 1.98. The monoisotopic (exact) mass is 399 g/mol. The van der Waals surface area contributed by atoms with Crippen LogP contribution in [0.5, 0.6) is 0 Å². The minimum Gasteiger partial charge on any atom is -0.381 e. The summed E-state index contributed by atoms with van der Waals surface area (Å²) >= 11 is 3.38. The summed E-state index contributed by atoms with van der Waals surface area (Å²) in [6, 6.07) is 9.23. The van der Waals surface area contributed by atoms with E-state index in [-0.39, 0.29) is 10.6 Å². The van der Waals surface area contributed by atoms with Gasteiger partial charge in [-0.15, -0.1) is 0 Å². The second-order valence-corrected chi connectivity index (χ2v) is 7.42. The van der Waals surface area contributed by atoms with Crippen molar-refractivity contribution in [1.82, 2.24) is 0 Å².